The highest BCUT2D eigenvalue weighted by Gasteiger charge is 2.39. The van der Waals surface area contributed by atoms with Crippen molar-refractivity contribution in [1.82, 2.24) is 5.32 Å². The van der Waals surface area contributed by atoms with Crippen LogP contribution in [0.5, 0.6) is 0 Å². The standard InChI is InChI=1S/C17H12N2O5/c20-15(11-6-8-12(9-7-11)19(23)24)13-14(18-17(22)16(13)21)10-4-2-1-3-5-10/h1-9,14,20H,(H,18,22). The molecule has 0 saturated carbocycles. The monoisotopic (exact) mass is 324 g/mol. The Labute approximate surface area is 136 Å². The fourth-order valence-corrected chi connectivity index (χ4v) is 2.56. The van der Waals surface area contributed by atoms with Gasteiger partial charge < -0.3 is 10.4 Å². The number of rotatable bonds is 3. The molecule has 7 nitrogen and oxygen atoms in total. The summed E-state index contributed by atoms with van der Waals surface area (Å²) >= 11 is 0. The van der Waals surface area contributed by atoms with Crippen molar-refractivity contribution in [2.45, 2.75) is 6.04 Å². The first kappa shape index (κ1) is 15.4. The molecule has 2 aromatic rings. The van der Waals surface area contributed by atoms with E-state index in [1.54, 1.807) is 30.3 Å². The highest BCUT2D eigenvalue weighted by Crippen LogP contribution is 2.33. The van der Waals surface area contributed by atoms with E-state index in [2.05, 4.69) is 5.32 Å². The molecule has 0 aromatic heterocycles. The molecule has 1 aliphatic heterocycles. The van der Waals surface area contributed by atoms with Gasteiger partial charge in [-0.05, 0) is 17.7 Å². The number of nitro benzene ring substituents is 1. The van der Waals surface area contributed by atoms with Gasteiger partial charge in [0.2, 0.25) is 0 Å². The highest BCUT2D eigenvalue weighted by atomic mass is 16.6. The normalized spacial score (nSPS) is 19.1. The predicted molar refractivity (Wildman–Crippen MR) is 85.0 cm³/mol. The molecule has 0 radical (unpaired) electrons. The first-order valence-electron chi connectivity index (χ1n) is 7.07. The number of nitrogens with zero attached hydrogens (tertiary/aromatic N) is 1. The summed E-state index contributed by atoms with van der Waals surface area (Å²) in [6.45, 7) is 0. The number of amides is 1. The minimum absolute atomic E-state index is 0.0694. The first-order valence-corrected chi connectivity index (χ1v) is 7.07. The molecule has 0 aliphatic carbocycles. The van der Waals surface area contributed by atoms with Crippen molar-refractivity contribution in [1.29, 1.82) is 0 Å². The SMILES string of the molecule is O=C1NC(c2ccccc2)C(=C(O)c2ccc([N+](=O)[O-])cc2)C1=O. The summed E-state index contributed by atoms with van der Waals surface area (Å²) in [4.78, 5) is 34.0. The lowest BCUT2D eigenvalue weighted by molar-refractivity contribution is -0.384. The molecule has 2 N–H and O–H groups in total. The van der Waals surface area contributed by atoms with E-state index in [1.165, 1.54) is 24.3 Å². The van der Waals surface area contributed by atoms with Crippen LogP contribution in [-0.2, 0) is 9.59 Å². The fraction of sp³-hybridized carbons (Fsp3) is 0.0588. The van der Waals surface area contributed by atoms with E-state index < -0.39 is 22.7 Å². The zero-order valence-corrected chi connectivity index (χ0v) is 12.3. The fourth-order valence-electron chi connectivity index (χ4n) is 2.56. The lowest BCUT2D eigenvalue weighted by atomic mass is 9.96. The van der Waals surface area contributed by atoms with E-state index in [4.69, 9.17) is 0 Å². The molecule has 1 atom stereocenters. The Balaban J connectivity index is 2.08. The van der Waals surface area contributed by atoms with Gasteiger partial charge in [-0.1, -0.05) is 30.3 Å². The van der Waals surface area contributed by atoms with Crippen molar-refractivity contribution < 1.29 is 19.6 Å². The van der Waals surface area contributed by atoms with Crippen molar-refractivity contribution in [2.75, 3.05) is 0 Å². The second-order valence-corrected chi connectivity index (χ2v) is 5.21. The maximum absolute atomic E-state index is 12.1. The van der Waals surface area contributed by atoms with Crippen LogP contribution in [0.3, 0.4) is 0 Å². The van der Waals surface area contributed by atoms with Crippen molar-refractivity contribution in [3.63, 3.8) is 0 Å². The number of benzene rings is 2. The van der Waals surface area contributed by atoms with Gasteiger partial charge in [-0.15, -0.1) is 0 Å². The third-order valence-electron chi connectivity index (χ3n) is 3.75. The summed E-state index contributed by atoms with van der Waals surface area (Å²) < 4.78 is 0. The Hall–Kier alpha value is -3.48. The van der Waals surface area contributed by atoms with Gasteiger partial charge in [0.15, 0.2) is 0 Å². The van der Waals surface area contributed by atoms with Crippen molar-refractivity contribution >= 4 is 23.1 Å². The lowest BCUT2D eigenvalue weighted by Gasteiger charge is -2.13. The summed E-state index contributed by atoms with van der Waals surface area (Å²) in [6, 6.07) is 13.1. The van der Waals surface area contributed by atoms with Crippen molar-refractivity contribution in [3.05, 3.63) is 81.4 Å². The van der Waals surface area contributed by atoms with E-state index in [9.17, 15) is 24.8 Å². The molecule has 1 saturated heterocycles. The van der Waals surface area contributed by atoms with Gasteiger partial charge in [-0.3, -0.25) is 19.7 Å². The molecular weight excluding hydrogens is 312 g/mol. The Kier molecular flexibility index (Phi) is 3.83. The topological polar surface area (TPSA) is 110 Å². The van der Waals surface area contributed by atoms with Gasteiger partial charge in [0, 0.05) is 17.7 Å². The molecule has 7 heteroatoms. The maximum Gasteiger partial charge on any atom is 0.293 e. The molecule has 1 aliphatic rings. The molecule has 120 valence electrons. The average Bonchev–Trinajstić information content (AvgIpc) is 2.90. The Morgan fingerprint density at radius 1 is 1.04 bits per heavy atom. The molecule has 1 amide bonds. The van der Waals surface area contributed by atoms with E-state index in [-0.39, 0.29) is 22.6 Å². The van der Waals surface area contributed by atoms with Crippen LogP contribution in [0.4, 0.5) is 5.69 Å². The predicted octanol–water partition coefficient (Wildman–Crippen LogP) is 2.30. The van der Waals surface area contributed by atoms with Gasteiger partial charge in [-0.25, -0.2) is 0 Å². The first-order chi connectivity index (χ1) is 11.5. The van der Waals surface area contributed by atoms with Gasteiger partial charge in [0.05, 0.1) is 16.5 Å². The maximum atomic E-state index is 12.1. The minimum Gasteiger partial charge on any atom is -0.507 e. The molecule has 0 bridgehead atoms. The van der Waals surface area contributed by atoms with Crippen LogP contribution in [0.1, 0.15) is 17.2 Å². The summed E-state index contributed by atoms with van der Waals surface area (Å²) in [5.74, 6) is -1.99. The number of carbonyl (C=O) groups excluding carboxylic acids is 2. The van der Waals surface area contributed by atoms with Gasteiger partial charge in [-0.2, -0.15) is 0 Å². The molecule has 24 heavy (non-hydrogen) atoms. The van der Waals surface area contributed by atoms with Gasteiger partial charge >= 0.3 is 0 Å². The number of hydrogen-bond donors (Lipinski definition) is 2. The van der Waals surface area contributed by atoms with Crippen LogP contribution in [-0.4, -0.2) is 21.7 Å². The van der Waals surface area contributed by atoms with Gasteiger partial charge in [0.1, 0.15) is 5.76 Å². The van der Waals surface area contributed by atoms with Crippen LogP contribution in [0.25, 0.3) is 5.76 Å². The largest absolute Gasteiger partial charge is 0.507 e. The number of carbonyl (C=O) groups is 2. The van der Waals surface area contributed by atoms with Crippen LogP contribution in [0.15, 0.2) is 60.2 Å². The molecular formula is C17H12N2O5. The lowest BCUT2D eigenvalue weighted by Crippen LogP contribution is -2.21. The Morgan fingerprint density at radius 3 is 2.25 bits per heavy atom. The molecule has 0 spiro atoms. The third-order valence-corrected chi connectivity index (χ3v) is 3.75. The average molecular weight is 324 g/mol. The number of aliphatic hydroxyl groups is 1. The molecule has 3 rings (SSSR count). The number of nitro groups is 1. The Morgan fingerprint density at radius 2 is 1.67 bits per heavy atom. The minimum atomic E-state index is -0.820. The smallest absolute Gasteiger partial charge is 0.293 e. The molecule has 1 fully saturated rings. The number of aliphatic hydroxyl groups excluding tert-OH is 1. The summed E-state index contributed by atoms with van der Waals surface area (Å²) in [7, 11) is 0. The van der Waals surface area contributed by atoms with Crippen LogP contribution < -0.4 is 5.32 Å². The summed E-state index contributed by atoms with van der Waals surface area (Å²) in [5, 5.41) is 23.7. The number of hydrogen-bond acceptors (Lipinski definition) is 5. The number of ketones is 1. The number of non-ortho nitro benzene ring substituents is 1. The van der Waals surface area contributed by atoms with Crippen LogP contribution in [0.2, 0.25) is 0 Å². The van der Waals surface area contributed by atoms with Crippen molar-refractivity contribution in [3.8, 4) is 0 Å². The second-order valence-electron chi connectivity index (χ2n) is 5.21. The zero-order chi connectivity index (χ0) is 17.3. The second kappa shape index (κ2) is 5.96. The quantitative estimate of drug-likeness (QED) is 0.296. The van der Waals surface area contributed by atoms with Crippen molar-refractivity contribution in [2.24, 2.45) is 0 Å². The molecule has 1 unspecified atom stereocenters. The summed E-state index contributed by atoms with van der Waals surface area (Å²) in [5.41, 5.74) is 0.671. The Bertz CT molecular complexity index is 856. The number of Topliss-reactive ketones (excluding diaryl/α,β-unsaturated/α-hetero) is 1. The summed E-state index contributed by atoms with van der Waals surface area (Å²) in [6.07, 6.45) is 0. The van der Waals surface area contributed by atoms with E-state index >= 15 is 0 Å². The van der Waals surface area contributed by atoms with E-state index in [0.717, 1.165) is 0 Å². The molecule has 2 aromatic carbocycles. The van der Waals surface area contributed by atoms with Gasteiger partial charge in [0.25, 0.3) is 17.4 Å². The highest BCUT2D eigenvalue weighted by molar-refractivity contribution is 6.46. The van der Waals surface area contributed by atoms with E-state index in [0.29, 0.717) is 5.56 Å². The number of nitrogens with one attached hydrogen (secondary N) is 1. The van der Waals surface area contributed by atoms with Crippen LogP contribution in [0, 0.1) is 10.1 Å². The zero-order valence-electron chi connectivity index (χ0n) is 12.3. The van der Waals surface area contributed by atoms with Crippen LogP contribution >= 0.6 is 0 Å². The molecule has 1 heterocycles. The third kappa shape index (κ3) is 2.63. The van der Waals surface area contributed by atoms with E-state index in [1.807, 2.05) is 0 Å².